The summed E-state index contributed by atoms with van der Waals surface area (Å²) in [5, 5.41) is 12.4. The van der Waals surface area contributed by atoms with Crippen molar-refractivity contribution in [1.29, 1.82) is 0 Å². The molecular weight excluding hydrogens is 290 g/mol. The molecule has 3 rings (SSSR count). The normalized spacial score (nSPS) is 11.0. The number of halogens is 1. The van der Waals surface area contributed by atoms with E-state index in [1.54, 1.807) is 18.2 Å². The minimum absolute atomic E-state index is 0.215. The summed E-state index contributed by atoms with van der Waals surface area (Å²) in [5.41, 5.74) is 3.18. The Morgan fingerprint density at radius 1 is 1.19 bits per heavy atom. The van der Waals surface area contributed by atoms with Crippen molar-refractivity contribution in [3.05, 3.63) is 74.3 Å². The van der Waals surface area contributed by atoms with Crippen LogP contribution < -0.4 is 0 Å². The number of benzene rings is 2. The highest BCUT2D eigenvalue weighted by molar-refractivity contribution is 6.31. The maximum atomic E-state index is 11.2. The van der Waals surface area contributed by atoms with Crippen molar-refractivity contribution in [3.8, 4) is 0 Å². The first kappa shape index (κ1) is 13.6. The third-order valence-corrected chi connectivity index (χ3v) is 3.63. The SMILES string of the molecule is Cc1ccc(Cc2c([N+](=O)[O-])oc3ccc(Cl)cc23)cc1. The number of furan rings is 1. The highest BCUT2D eigenvalue weighted by atomic mass is 35.5. The smallest absolute Gasteiger partial charge is 0.400 e. The summed E-state index contributed by atoms with van der Waals surface area (Å²) < 4.78 is 5.35. The van der Waals surface area contributed by atoms with E-state index in [1.165, 1.54) is 0 Å². The molecule has 4 nitrogen and oxygen atoms in total. The summed E-state index contributed by atoms with van der Waals surface area (Å²) in [6, 6.07) is 12.9. The molecule has 0 spiro atoms. The Balaban J connectivity index is 2.14. The van der Waals surface area contributed by atoms with Gasteiger partial charge in [-0.1, -0.05) is 41.4 Å². The van der Waals surface area contributed by atoms with Gasteiger partial charge in [-0.05, 0) is 30.7 Å². The van der Waals surface area contributed by atoms with E-state index in [0.29, 0.717) is 28.0 Å². The summed E-state index contributed by atoms with van der Waals surface area (Å²) in [7, 11) is 0. The van der Waals surface area contributed by atoms with Gasteiger partial charge in [-0.15, -0.1) is 0 Å². The van der Waals surface area contributed by atoms with Gasteiger partial charge in [0.15, 0.2) is 0 Å². The van der Waals surface area contributed by atoms with Crippen LogP contribution in [0.25, 0.3) is 11.0 Å². The van der Waals surface area contributed by atoms with Gasteiger partial charge in [-0.2, -0.15) is 0 Å². The highest BCUT2D eigenvalue weighted by Crippen LogP contribution is 2.34. The Morgan fingerprint density at radius 2 is 1.90 bits per heavy atom. The Morgan fingerprint density at radius 3 is 2.57 bits per heavy atom. The van der Waals surface area contributed by atoms with E-state index in [-0.39, 0.29) is 5.88 Å². The van der Waals surface area contributed by atoms with Crippen LogP contribution in [0.5, 0.6) is 0 Å². The zero-order valence-electron chi connectivity index (χ0n) is 11.3. The third kappa shape index (κ3) is 2.62. The molecule has 0 aliphatic carbocycles. The van der Waals surface area contributed by atoms with Crippen molar-refractivity contribution in [2.24, 2.45) is 0 Å². The van der Waals surface area contributed by atoms with Crippen LogP contribution >= 0.6 is 11.6 Å². The fraction of sp³-hybridized carbons (Fsp3) is 0.125. The lowest BCUT2D eigenvalue weighted by Crippen LogP contribution is -1.93. The third-order valence-electron chi connectivity index (χ3n) is 3.40. The predicted molar refractivity (Wildman–Crippen MR) is 81.9 cm³/mol. The van der Waals surface area contributed by atoms with Crippen LogP contribution in [0.2, 0.25) is 5.02 Å². The van der Waals surface area contributed by atoms with E-state index in [2.05, 4.69) is 0 Å². The molecule has 21 heavy (non-hydrogen) atoms. The van der Waals surface area contributed by atoms with Gasteiger partial charge < -0.3 is 4.42 Å². The molecule has 5 heteroatoms. The van der Waals surface area contributed by atoms with Crippen molar-refractivity contribution in [3.63, 3.8) is 0 Å². The largest absolute Gasteiger partial charge is 0.437 e. The Kier molecular flexibility index (Phi) is 3.39. The number of hydrogen-bond donors (Lipinski definition) is 0. The second kappa shape index (κ2) is 5.22. The van der Waals surface area contributed by atoms with Crippen LogP contribution in [0, 0.1) is 17.0 Å². The first-order chi connectivity index (χ1) is 10.0. The lowest BCUT2D eigenvalue weighted by Gasteiger charge is -2.00. The number of fused-ring (bicyclic) bond motifs is 1. The first-order valence-electron chi connectivity index (χ1n) is 6.45. The van der Waals surface area contributed by atoms with Gasteiger partial charge in [0.05, 0.1) is 5.56 Å². The van der Waals surface area contributed by atoms with Crippen LogP contribution in [0.4, 0.5) is 5.88 Å². The van der Waals surface area contributed by atoms with Crippen molar-refractivity contribution < 1.29 is 9.34 Å². The van der Waals surface area contributed by atoms with Crippen molar-refractivity contribution in [2.75, 3.05) is 0 Å². The molecule has 0 bridgehead atoms. The molecule has 0 amide bonds. The summed E-state index contributed by atoms with van der Waals surface area (Å²) >= 11 is 5.99. The minimum atomic E-state index is -0.489. The highest BCUT2D eigenvalue weighted by Gasteiger charge is 2.24. The Labute approximate surface area is 126 Å². The molecule has 0 aliphatic heterocycles. The zero-order chi connectivity index (χ0) is 15.0. The molecule has 0 atom stereocenters. The average Bonchev–Trinajstić information content (AvgIpc) is 2.80. The molecule has 2 aromatic carbocycles. The maximum Gasteiger partial charge on any atom is 0.437 e. The summed E-state index contributed by atoms with van der Waals surface area (Å²) in [6.45, 7) is 2.00. The van der Waals surface area contributed by atoms with Gasteiger partial charge in [-0.25, -0.2) is 0 Å². The molecule has 1 aromatic heterocycles. The molecule has 106 valence electrons. The second-order valence-electron chi connectivity index (χ2n) is 4.95. The standard InChI is InChI=1S/C16H12ClNO3/c1-10-2-4-11(5-3-10)8-14-13-9-12(17)6-7-15(13)21-16(14)18(19)20/h2-7,9H,8H2,1H3. The zero-order valence-corrected chi connectivity index (χ0v) is 12.1. The van der Waals surface area contributed by atoms with Crippen molar-refractivity contribution >= 4 is 28.5 Å². The minimum Gasteiger partial charge on any atom is -0.400 e. The monoisotopic (exact) mass is 301 g/mol. The molecule has 0 saturated heterocycles. The van der Waals surface area contributed by atoms with E-state index in [4.69, 9.17) is 16.0 Å². The fourth-order valence-electron chi connectivity index (χ4n) is 2.34. The number of aryl methyl sites for hydroxylation is 1. The fourth-order valence-corrected chi connectivity index (χ4v) is 2.51. The summed E-state index contributed by atoms with van der Waals surface area (Å²) in [4.78, 5) is 10.7. The Bertz CT molecular complexity index is 821. The van der Waals surface area contributed by atoms with Crippen molar-refractivity contribution in [2.45, 2.75) is 13.3 Å². The molecule has 0 fully saturated rings. The first-order valence-corrected chi connectivity index (χ1v) is 6.83. The number of nitrogens with zero attached hydrogens (tertiary/aromatic N) is 1. The average molecular weight is 302 g/mol. The van der Waals surface area contributed by atoms with Gasteiger partial charge in [0, 0.05) is 16.8 Å². The quantitative estimate of drug-likeness (QED) is 0.511. The van der Waals surface area contributed by atoms with Gasteiger partial charge >= 0.3 is 5.88 Å². The van der Waals surface area contributed by atoms with Gasteiger partial charge in [0.2, 0.25) is 0 Å². The van der Waals surface area contributed by atoms with Gasteiger partial charge in [0.1, 0.15) is 10.5 Å². The summed E-state index contributed by atoms with van der Waals surface area (Å²) in [5.74, 6) is -0.215. The number of nitro groups is 1. The van der Waals surface area contributed by atoms with Crippen molar-refractivity contribution in [1.82, 2.24) is 0 Å². The molecular formula is C16H12ClNO3. The van der Waals surface area contributed by atoms with Crippen LogP contribution in [-0.4, -0.2) is 4.92 Å². The molecule has 0 N–H and O–H groups in total. The molecule has 1 heterocycles. The number of rotatable bonds is 3. The number of hydrogen-bond acceptors (Lipinski definition) is 3. The van der Waals surface area contributed by atoms with Crippen LogP contribution in [0.3, 0.4) is 0 Å². The molecule has 0 unspecified atom stereocenters. The summed E-state index contributed by atoms with van der Waals surface area (Å²) in [6.07, 6.45) is 0.434. The van der Waals surface area contributed by atoms with E-state index in [0.717, 1.165) is 11.1 Å². The second-order valence-corrected chi connectivity index (χ2v) is 5.38. The van der Waals surface area contributed by atoms with Gasteiger partial charge in [-0.3, -0.25) is 10.1 Å². The topological polar surface area (TPSA) is 56.3 Å². The lowest BCUT2D eigenvalue weighted by molar-refractivity contribution is -0.402. The molecule has 0 aliphatic rings. The molecule has 0 saturated carbocycles. The predicted octanol–water partition coefficient (Wildman–Crippen LogP) is 4.89. The van der Waals surface area contributed by atoms with Crippen LogP contribution in [0.15, 0.2) is 46.9 Å². The van der Waals surface area contributed by atoms with Crippen LogP contribution in [-0.2, 0) is 6.42 Å². The van der Waals surface area contributed by atoms with E-state index in [1.807, 2.05) is 31.2 Å². The lowest BCUT2D eigenvalue weighted by atomic mass is 10.0. The van der Waals surface area contributed by atoms with Crippen LogP contribution in [0.1, 0.15) is 16.7 Å². The van der Waals surface area contributed by atoms with E-state index in [9.17, 15) is 10.1 Å². The maximum absolute atomic E-state index is 11.2. The van der Waals surface area contributed by atoms with Gasteiger partial charge in [0.25, 0.3) is 0 Å². The molecule has 3 aromatic rings. The van der Waals surface area contributed by atoms with E-state index < -0.39 is 4.92 Å². The molecule has 0 radical (unpaired) electrons. The van der Waals surface area contributed by atoms with E-state index >= 15 is 0 Å². The Hall–Kier alpha value is -2.33.